The van der Waals surface area contributed by atoms with Crippen LogP contribution in [0.25, 0.3) is 0 Å². The SMILES string of the molecule is FC(F)C(F)[S]. The van der Waals surface area contributed by atoms with E-state index in [1.54, 1.807) is 0 Å². The zero-order valence-corrected chi connectivity index (χ0v) is 3.51. The van der Waals surface area contributed by atoms with Crippen LogP contribution in [0.5, 0.6) is 0 Å². The number of halogens is 3. The van der Waals surface area contributed by atoms with Crippen LogP contribution in [0, 0.1) is 0 Å². The van der Waals surface area contributed by atoms with Crippen LogP contribution in [0.3, 0.4) is 0 Å². The Hall–Kier alpha value is 0.140. The molecule has 0 spiro atoms. The van der Waals surface area contributed by atoms with Gasteiger partial charge in [0.05, 0.1) is 0 Å². The van der Waals surface area contributed by atoms with Crippen LogP contribution in [0.2, 0.25) is 0 Å². The summed E-state index contributed by atoms with van der Waals surface area (Å²) in [5, 5.41) is 0. The molecular formula is C2H2F3S. The zero-order valence-electron chi connectivity index (χ0n) is 2.70. The van der Waals surface area contributed by atoms with E-state index in [0.717, 1.165) is 0 Å². The van der Waals surface area contributed by atoms with Gasteiger partial charge in [-0.2, -0.15) is 0 Å². The van der Waals surface area contributed by atoms with Gasteiger partial charge in [-0.05, 0) is 12.6 Å². The molecule has 0 saturated carbocycles. The lowest BCUT2D eigenvalue weighted by Crippen LogP contribution is -2.01. The van der Waals surface area contributed by atoms with Gasteiger partial charge in [-0.1, -0.05) is 0 Å². The first-order valence-corrected chi connectivity index (χ1v) is 1.70. The van der Waals surface area contributed by atoms with Gasteiger partial charge in [-0.15, -0.1) is 0 Å². The maximum Gasteiger partial charge on any atom is 0.279 e. The number of hydrogen-bond donors (Lipinski definition) is 0. The van der Waals surface area contributed by atoms with Gasteiger partial charge in [-0.25, -0.2) is 13.2 Å². The summed E-state index contributed by atoms with van der Waals surface area (Å²) < 4.78 is 32.2. The molecule has 0 aliphatic heterocycles. The first-order valence-electron chi connectivity index (χ1n) is 1.22. The van der Waals surface area contributed by atoms with Gasteiger partial charge in [0.2, 0.25) is 5.50 Å². The summed E-state index contributed by atoms with van der Waals surface area (Å²) in [6.45, 7) is 0. The predicted molar refractivity (Wildman–Crippen MR) is 18.5 cm³/mol. The normalized spacial score (nSPS) is 15.5. The third kappa shape index (κ3) is 2.38. The van der Waals surface area contributed by atoms with Crippen molar-refractivity contribution in [1.29, 1.82) is 0 Å². The summed E-state index contributed by atoms with van der Waals surface area (Å²) in [6, 6.07) is 0. The highest BCUT2D eigenvalue weighted by Gasteiger charge is 2.12. The van der Waals surface area contributed by atoms with Crippen LogP contribution in [-0.2, 0) is 0 Å². The van der Waals surface area contributed by atoms with Gasteiger partial charge in [0.15, 0.2) is 0 Å². The minimum atomic E-state index is -3.00. The van der Waals surface area contributed by atoms with E-state index >= 15 is 0 Å². The number of hydrogen-bond acceptors (Lipinski definition) is 0. The second-order valence-electron chi connectivity index (χ2n) is 0.686. The average Bonchev–Trinajstić information content (AvgIpc) is 1.36. The van der Waals surface area contributed by atoms with Crippen molar-refractivity contribution in [1.82, 2.24) is 0 Å². The van der Waals surface area contributed by atoms with Gasteiger partial charge in [0.25, 0.3) is 6.43 Å². The zero-order chi connectivity index (χ0) is 5.15. The molecule has 0 aliphatic rings. The summed E-state index contributed by atoms with van der Waals surface area (Å²) in [4.78, 5) is 0. The molecule has 0 N–H and O–H groups in total. The smallest absolute Gasteiger partial charge is 0.228 e. The molecular weight excluding hydrogens is 113 g/mol. The lowest BCUT2D eigenvalue weighted by Gasteiger charge is -1.91. The van der Waals surface area contributed by atoms with Crippen LogP contribution in [0.15, 0.2) is 0 Å². The first-order chi connectivity index (χ1) is 2.64. The summed E-state index contributed by atoms with van der Waals surface area (Å²) in [6.07, 6.45) is -3.00. The Bertz CT molecular complexity index is 29.8. The van der Waals surface area contributed by atoms with Gasteiger partial charge >= 0.3 is 0 Å². The Morgan fingerprint density at radius 2 is 1.33 bits per heavy atom. The third-order valence-corrected chi connectivity index (χ3v) is 0.404. The Kier molecular flexibility index (Phi) is 2.39. The van der Waals surface area contributed by atoms with Crippen LogP contribution in [0.4, 0.5) is 13.2 Å². The van der Waals surface area contributed by atoms with Gasteiger partial charge < -0.3 is 0 Å². The fourth-order valence-corrected chi connectivity index (χ4v) is 0. The second-order valence-corrected chi connectivity index (χ2v) is 1.14. The lowest BCUT2D eigenvalue weighted by molar-refractivity contribution is 0.0963. The fraction of sp³-hybridized carbons (Fsp3) is 1.00. The summed E-state index contributed by atoms with van der Waals surface area (Å²) in [5.74, 6) is 0. The van der Waals surface area contributed by atoms with Crippen LogP contribution < -0.4 is 0 Å². The quantitative estimate of drug-likeness (QED) is 0.488. The highest BCUT2D eigenvalue weighted by Crippen LogP contribution is 2.07. The van der Waals surface area contributed by atoms with Crippen molar-refractivity contribution in [3.05, 3.63) is 0 Å². The van der Waals surface area contributed by atoms with Crippen molar-refractivity contribution in [3.8, 4) is 0 Å². The number of alkyl halides is 3. The molecule has 6 heavy (non-hydrogen) atoms. The molecule has 0 aromatic rings. The molecule has 4 heteroatoms. The van der Waals surface area contributed by atoms with Crippen LogP contribution in [-0.4, -0.2) is 11.9 Å². The molecule has 1 unspecified atom stereocenters. The topological polar surface area (TPSA) is 0 Å². The predicted octanol–water partition coefficient (Wildman–Crippen LogP) is 1.74. The Labute approximate surface area is 38.8 Å². The molecule has 1 atom stereocenters. The Balaban J connectivity index is 2.99. The van der Waals surface area contributed by atoms with Crippen molar-refractivity contribution in [2.45, 2.75) is 11.9 Å². The fourth-order valence-electron chi connectivity index (χ4n) is 0. The largest absolute Gasteiger partial charge is 0.279 e. The van der Waals surface area contributed by atoms with E-state index < -0.39 is 11.9 Å². The monoisotopic (exact) mass is 115 g/mol. The summed E-state index contributed by atoms with van der Waals surface area (Å²) >= 11 is 3.49. The molecule has 0 aromatic carbocycles. The van der Waals surface area contributed by atoms with E-state index in [2.05, 4.69) is 12.6 Å². The maximum absolute atomic E-state index is 10.9. The van der Waals surface area contributed by atoms with E-state index in [4.69, 9.17) is 0 Å². The molecule has 0 saturated heterocycles. The van der Waals surface area contributed by atoms with Crippen molar-refractivity contribution in [3.63, 3.8) is 0 Å². The van der Waals surface area contributed by atoms with Gasteiger partial charge in [0.1, 0.15) is 0 Å². The molecule has 0 fully saturated rings. The molecule has 0 aromatic heterocycles. The van der Waals surface area contributed by atoms with E-state index in [1.807, 2.05) is 0 Å². The standard InChI is InChI=1S/C2H2F3S/c3-1(4)2(5)6/h1-2H. The molecule has 0 heterocycles. The van der Waals surface area contributed by atoms with Crippen molar-refractivity contribution < 1.29 is 13.2 Å². The Morgan fingerprint density at radius 3 is 1.33 bits per heavy atom. The second kappa shape index (κ2) is 2.34. The van der Waals surface area contributed by atoms with Gasteiger partial charge in [-0.3, -0.25) is 0 Å². The minimum Gasteiger partial charge on any atom is -0.228 e. The maximum atomic E-state index is 10.9. The minimum absolute atomic E-state index is 2.40. The molecule has 0 aliphatic carbocycles. The lowest BCUT2D eigenvalue weighted by atomic mass is 10.8. The molecule has 37 valence electrons. The molecule has 1 radical (unpaired) electrons. The highest BCUT2D eigenvalue weighted by atomic mass is 32.1. The van der Waals surface area contributed by atoms with E-state index in [-0.39, 0.29) is 0 Å². The molecule has 0 amide bonds. The molecule has 0 bridgehead atoms. The van der Waals surface area contributed by atoms with Crippen molar-refractivity contribution in [2.24, 2.45) is 0 Å². The summed E-state index contributed by atoms with van der Waals surface area (Å²) in [7, 11) is 0. The number of rotatable bonds is 1. The van der Waals surface area contributed by atoms with Crippen molar-refractivity contribution in [2.75, 3.05) is 0 Å². The molecule has 0 rings (SSSR count). The van der Waals surface area contributed by atoms with Crippen LogP contribution in [0.1, 0.15) is 0 Å². The molecule has 0 nitrogen and oxygen atoms in total. The van der Waals surface area contributed by atoms with Crippen molar-refractivity contribution >= 4 is 12.6 Å². The first kappa shape index (κ1) is 6.14. The van der Waals surface area contributed by atoms with E-state index in [0.29, 0.717) is 0 Å². The third-order valence-electron chi connectivity index (χ3n) is 0.198. The highest BCUT2D eigenvalue weighted by molar-refractivity contribution is 7.80. The Morgan fingerprint density at radius 1 is 1.17 bits per heavy atom. The summed E-state index contributed by atoms with van der Waals surface area (Å²) in [5.41, 5.74) is -2.40. The van der Waals surface area contributed by atoms with Gasteiger partial charge in [0, 0.05) is 0 Å². The van der Waals surface area contributed by atoms with Crippen LogP contribution >= 0.6 is 12.6 Å². The van der Waals surface area contributed by atoms with E-state index in [1.165, 1.54) is 0 Å². The van der Waals surface area contributed by atoms with E-state index in [9.17, 15) is 13.2 Å². The average molecular weight is 115 g/mol.